The number of rotatable bonds is 5. The molecular weight excluding hydrogens is 451 g/mol. The van der Waals surface area contributed by atoms with Gasteiger partial charge in [0, 0.05) is 23.8 Å². The molecule has 1 aromatic carbocycles. The van der Waals surface area contributed by atoms with Crippen molar-refractivity contribution in [1.29, 1.82) is 0 Å². The summed E-state index contributed by atoms with van der Waals surface area (Å²) < 4.78 is 0. The molecule has 0 bridgehead atoms. The number of aromatic nitrogens is 6. The first-order chi connectivity index (χ1) is 14.0. The van der Waals surface area contributed by atoms with Gasteiger partial charge in [0.15, 0.2) is 10.1 Å². The SMILES string of the molecule is CC(=O)Nc1nc(C)c(-c2csc(C(=O)Nc3cccc(-c4nnn[n-]4)c3)n2)s1.[K+]. The molecular formula is C17H13KN8O2S2. The third-order valence-corrected chi connectivity index (χ3v) is 5.64. The van der Waals surface area contributed by atoms with Gasteiger partial charge in [0.2, 0.25) is 5.91 Å². The summed E-state index contributed by atoms with van der Waals surface area (Å²) in [7, 11) is 0. The molecule has 3 aromatic heterocycles. The molecule has 0 fully saturated rings. The van der Waals surface area contributed by atoms with E-state index in [2.05, 4.69) is 41.2 Å². The van der Waals surface area contributed by atoms with Crippen LogP contribution in [-0.4, -0.2) is 37.3 Å². The van der Waals surface area contributed by atoms with Gasteiger partial charge in [-0.2, -0.15) is 5.21 Å². The van der Waals surface area contributed by atoms with Crippen molar-refractivity contribution in [3.05, 3.63) is 40.3 Å². The van der Waals surface area contributed by atoms with Crippen LogP contribution in [0.2, 0.25) is 0 Å². The van der Waals surface area contributed by atoms with Crippen molar-refractivity contribution in [1.82, 2.24) is 30.6 Å². The van der Waals surface area contributed by atoms with Crippen LogP contribution in [0, 0.1) is 6.92 Å². The summed E-state index contributed by atoms with van der Waals surface area (Å²) in [6, 6.07) is 7.07. The van der Waals surface area contributed by atoms with Crippen molar-refractivity contribution < 1.29 is 61.0 Å². The Morgan fingerprint density at radius 3 is 2.73 bits per heavy atom. The Hall–Kier alpha value is -1.87. The van der Waals surface area contributed by atoms with E-state index in [1.807, 2.05) is 6.92 Å². The number of carbonyl (C=O) groups excluding carboxylic acids is 2. The second kappa shape index (κ2) is 9.96. The van der Waals surface area contributed by atoms with Crippen LogP contribution >= 0.6 is 22.7 Å². The Bertz CT molecular complexity index is 1190. The minimum absolute atomic E-state index is 0. The third-order valence-electron chi connectivity index (χ3n) is 3.71. The summed E-state index contributed by atoms with van der Waals surface area (Å²) in [5.41, 5.74) is 2.65. The fraction of sp³-hybridized carbons (Fsp3) is 0.118. The molecule has 3 heterocycles. The van der Waals surface area contributed by atoms with Gasteiger partial charge in [-0.1, -0.05) is 23.5 Å². The molecule has 4 rings (SSSR count). The van der Waals surface area contributed by atoms with E-state index in [-0.39, 0.29) is 63.2 Å². The van der Waals surface area contributed by atoms with Gasteiger partial charge in [0.05, 0.1) is 16.3 Å². The average molecular weight is 465 g/mol. The average Bonchev–Trinajstić information content (AvgIpc) is 3.42. The predicted octanol–water partition coefficient (Wildman–Crippen LogP) is -0.401. The number of hydrogen-bond acceptors (Lipinski definition) is 9. The molecule has 2 amide bonds. The largest absolute Gasteiger partial charge is 1.00 e. The number of nitrogens with zero attached hydrogens (tertiary/aromatic N) is 6. The van der Waals surface area contributed by atoms with Gasteiger partial charge in [-0.25, -0.2) is 9.97 Å². The molecule has 0 unspecified atom stereocenters. The number of carbonyl (C=O) groups is 2. The summed E-state index contributed by atoms with van der Waals surface area (Å²) in [4.78, 5) is 33.4. The van der Waals surface area contributed by atoms with Gasteiger partial charge in [-0.15, -0.1) is 11.3 Å². The van der Waals surface area contributed by atoms with Crippen LogP contribution in [0.5, 0.6) is 0 Å². The zero-order valence-corrected chi connectivity index (χ0v) is 21.0. The van der Waals surface area contributed by atoms with Crippen LogP contribution in [0.15, 0.2) is 29.6 Å². The van der Waals surface area contributed by atoms with Gasteiger partial charge in [0.1, 0.15) is 0 Å². The first kappa shape index (κ1) is 22.8. The summed E-state index contributed by atoms with van der Waals surface area (Å²) in [5, 5.41) is 22.6. The van der Waals surface area contributed by atoms with Crippen molar-refractivity contribution in [2.45, 2.75) is 13.8 Å². The monoisotopic (exact) mass is 464 g/mol. The molecule has 0 aliphatic carbocycles. The van der Waals surface area contributed by atoms with Crippen molar-refractivity contribution in [3.63, 3.8) is 0 Å². The molecule has 10 nitrogen and oxygen atoms in total. The Morgan fingerprint density at radius 1 is 1.17 bits per heavy atom. The van der Waals surface area contributed by atoms with E-state index >= 15 is 0 Å². The second-order valence-corrected chi connectivity index (χ2v) is 7.75. The fourth-order valence-corrected chi connectivity index (χ4v) is 4.25. The standard InChI is InChI=1S/C17H14N8O2S2.K/c1-8-13(29-17(18-8)19-9(2)26)12-7-28-16(21-12)15(27)20-11-5-3-4-10(6-11)14-22-24-25-23-14;/h3-7H,1-2H3,(H3,18,19,20,22,23,24,25,26,27);/q;+1/p-1. The molecule has 0 saturated carbocycles. The summed E-state index contributed by atoms with van der Waals surface area (Å²) in [5.74, 6) is -0.139. The molecule has 13 heteroatoms. The van der Waals surface area contributed by atoms with E-state index in [4.69, 9.17) is 0 Å². The zero-order valence-electron chi connectivity index (χ0n) is 16.2. The van der Waals surface area contributed by atoms with E-state index in [9.17, 15) is 9.59 Å². The molecule has 0 aliphatic heterocycles. The molecule has 4 aromatic rings. The van der Waals surface area contributed by atoms with Crippen LogP contribution in [0.4, 0.5) is 10.8 Å². The maximum Gasteiger partial charge on any atom is 1.00 e. The van der Waals surface area contributed by atoms with Crippen molar-refractivity contribution in [2.75, 3.05) is 10.6 Å². The minimum Gasteiger partial charge on any atom is -0.330 e. The molecule has 146 valence electrons. The van der Waals surface area contributed by atoms with Crippen molar-refractivity contribution in [3.8, 4) is 22.0 Å². The maximum absolute atomic E-state index is 12.6. The number of hydrogen-bond donors (Lipinski definition) is 2. The number of aryl methyl sites for hydroxylation is 1. The Morgan fingerprint density at radius 2 is 2.00 bits per heavy atom. The number of benzene rings is 1. The van der Waals surface area contributed by atoms with Crippen molar-refractivity contribution >= 4 is 45.3 Å². The quantitative estimate of drug-likeness (QED) is 0.381. The number of anilines is 2. The van der Waals surface area contributed by atoms with E-state index < -0.39 is 0 Å². The van der Waals surface area contributed by atoms with Crippen LogP contribution in [0.1, 0.15) is 22.4 Å². The van der Waals surface area contributed by atoms with Gasteiger partial charge in [0.25, 0.3) is 5.91 Å². The first-order valence-electron chi connectivity index (χ1n) is 8.31. The van der Waals surface area contributed by atoms with Crippen LogP contribution in [-0.2, 0) is 4.79 Å². The molecule has 0 aliphatic rings. The van der Waals surface area contributed by atoms with Crippen molar-refractivity contribution in [2.24, 2.45) is 0 Å². The van der Waals surface area contributed by atoms with Gasteiger partial charge in [-0.05, 0) is 24.6 Å². The van der Waals surface area contributed by atoms with Gasteiger partial charge >= 0.3 is 51.4 Å². The van der Waals surface area contributed by atoms with Crippen LogP contribution in [0.3, 0.4) is 0 Å². The predicted molar refractivity (Wildman–Crippen MR) is 109 cm³/mol. The minimum atomic E-state index is -0.331. The van der Waals surface area contributed by atoms with E-state index in [1.165, 1.54) is 29.6 Å². The molecule has 0 saturated heterocycles. The number of nitrogens with one attached hydrogen (secondary N) is 2. The maximum atomic E-state index is 12.6. The fourth-order valence-electron chi connectivity index (χ4n) is 2.50. The summed E-state index contributed by atoms with van der Waals surface area (Å²) in [6.07, 6.45) is 0. The number of thiazole rings is 2. The second-order valence-electron chi connectivity index (χ2n) is 5.89. The Kier molecular flexibility index (Phi) is 7.57. The Labute approximate surface area is 221 Å². The van der Waals surface area contributed by atoms with Gasteiger partial charge < -0.3 is 15.7 Å². The first-order valence-corrected chi connectivity index (χ1v) is 10.0. The third kappa shape index (κ3) is 5.24. The topological polar surface area (TPSA) is 137 Å². The number of amides is 2. The number of tetrazole rings is 1. The zero-order chi connectivity index (χ0) is 20.4. The molecule has 0 atom stereocenters. The van der Waals surface area contributed by atoms with E-state index in [0.717, 1.165) is 10.6 Å². The summed E-state index contributed by atoms with van der Waals surface area (Å²) in [6.45, 7) is 3.25. The normalized spacial score (nSPS) is 10.3. The molecule has 0 spiro atoms. The van der Waals surface area contributed by atoms with Crippen LogP contribution in [0.25, 0.3) is 22.0 Å². The van der Waals surface area contributed by atoms with E-state index in [0.29, 0.717) is 32.9 Å². The summed E-state index contributed by atoms with van der Waals surface area (Å²) >= 11 is 2.54. The molecule has 2 N–H and O–H groups in total. The molecule has 30 heavy (non-hydrogen) atoms. The Balaban J connectivity index is 0.00000256. The molecule has 0 radical (unpaired) electrons. The van der Waals surface area contributed by atoms with Gasteiger partial charge in [-0.3, -0.25) is 19.9 Å². The smallest absolute Gasteiger partial charge is 0.330 e. The van der Waals surface area contributed by atoms with Crippen LogP contribution < -0.4 is 67.1 Å². The van der Waals surface area contributed by atoms with E-state index in [1.54, 1.807) is 29.6 Å².